The molecule has 1 fully saturated rings. The predicted octanol–water partition coefficient (Wildman–Crippen LogP) is 0.00530. The minimum absolute atomic E-state index is 0.0229. The molecule has 0 saturated carbocycles. The monoisotopic (exact) mass is 656 g/mol. The van der Waals surface area contributed by atoms with E-state index in [1.165, 1.54) is 0 Å². The first-order chi connectivity index (χ1) is 21.3. The SMILES string of the molecule is CCN(C)CC(=O)C[C@H]1CC(=O)C[N+]1(C)CCN(CC)CC(=O)NCC(C)(C)COCC(C)(C)CNC(=O)CCC(NN)C(=O)O. The van der Waals surface area contributed by atoms with Gasteiger partial charge in [-0.15, -0.1) is 0 Å². The van der Waals surface area contributed by atoms with Crippen LogP contribution in [0, 0.1) is 10.8 Å². The zero-order valence-corrected chi connectivity index (χ0v) is 29.6. The number of nitrogens with two attached hydrogens (primary N) is 1. The summed E-state index contributed by atoms with van der Waals surface area (Å²) in [4.78, 5) is 65.1. The van der Waals surface area contributed by atoms with E-state index in [0.29, 0.717) is 76.4 Å². The first-order valence-electron chi connectivity index (χ1n) is 16.4. The van der Waals surface area contributed by atoms with Gasteiger partial charge in [-0.1, -0.05) is 41.5 Å². The summed E-state index contributed by atoms with van der Waals surface area (Å²) < 4.78 is 6.51. The van der Waals surface area contributed by atoms with Crippen molar-refractivity contribution in [1.82, 2.24) is 25.9 Å². The summed E-state index contributed by atoms with van der Waals surface area (Å²) in [5, 5.41) is 14.9. The first-order valence-corrected chi connectivity index (χ1v) is 16.4. The molecule has 266 valence electrons. The van der Waals surface area contributed by atoms with Crippen LogP contribution in [0.4, 0.5) is 0 Å². The number of nitrogens with zero attached hydrogens (tertiary/aromatic N) is 3. The number of rotatable bonds is 24. The smallest absolute Gasteiger partial charge is 0.322 e. The van der Waals surface area contributed by atoms with E-state index in [9.17, 15) is 24.0 Å². The Morgan fingerprint density at radius 2 is 1.61 bits per heavy atom. The summed E-state index contributed by atoms with van der Waals surface area (Å²) in [6, 6.07) is -1.000. The number of ether oxygens (including phenoxy) is 1. The second kappa shape index (κ2) is 19.4. The van der Waals surface area contributed by atoms with Gasteiger partial charge in [0.25, 0.3) is 0 Å². The number of carboxylic acids is 1. The van der Waals surface area contributed by atoms with Crippen LogP contribution >= 0.6 is 0 Å². The van der Waals surface area contributed by atoms with Gasteiger partial charge in [0.15, 0.2) is 11.6 Å². The standard InChI is InChI=1S/C32H61N7O7/c1-9-37(7)17-25(40)15-24-16-26(41)19-39(24,8)14-13-38(10-2)18-29(43)35-21-32(5,6)23-46-22-31(3,4)20-34-28(42)12-11-27(36-33)30(44)45/h24,27,36H,9-23,33H2,1-8H3,(H2-,34,35,42,43,44,45)/p+1/t24-,27?,39?/m0/s1. The number of quaternary nitrogens is 1. The summed E-state index contributed by atoms with van der Waals surface area (Å²) >= 11 is 0. The van der Waals surface area contributed by atoms with E-state index < -0.39 is 12.0 Å². The van der Waals surface area contributed by atoms with Crippen molar-refractivity contribution in [3.63, 3.8) is 0 Å². The number of aliphatic carboxylic acids is 1. The third-order valence-electron chi connectivity index (χ3n) is 8.75. The highest BCUT2D eigenvalue weighted by atomic mass is 16.5. The van der Waals surface area contributed by atoms with E-state index >= 15 is 0 Å². The van der Waals surface area contributed by atoms with Crippen molar-refractivity contribution in [3.05, 3.63) is 0 Å². The third kappa shape index (κ3) is 15.9. The van der Waals surface area contributed by atoms with Crippen LogP contribution in [0.5, 0.6) is 0 Å². The Bertz CT molecular complexity index is 1020. The maximum atomic E-state index is 12.9. The van der Waals surface area contributed by atoms with Crippen LogP contribution in [0.15, 0.2) is 0 Å². The van der Waals surface area contributed by atoms with E-state index in [4.69, 9.17) is 15.7 Å². The van der Waals surface area contributed by atoms with Crippen molar-refractivity contribution in [3.8, 4) is 0 Å². The predicted molar refractivity (Wildman–Crippen MR) is 177 cm³/mol. The van der Waals surface area contributed by atoms with E-state index in [2.05, 4.69) is 28.0 Å². The van der Waals surface area contributed by atoms with Crippen LogP contribution in [0.2, 0.25) is 0 Å². The van der Waals surface area contributed by atoms with Crippen molar-refractivity contribution >= 4 is 29.4 Å². The van der Waals surface area contributed by atoms with Gasteiger partial charge in [-0.25, -0.2) is 5.43 Å². The zero-order chi connectivity index (χ0) is 35.1. The number of hydrazine groups is 1. The molecule has 1 saturated heterocycles. The molecular formula is C32H62N7O7+. The number of Topliss-reactive ketones (excluding diaryl/α,β-unsaturated/α-hetero) is 2. The number of amides is 2. The number of carboxylic acid groups (broad SMARTS) is 1. The molecule has 14 nitrogen and oxygen atoms in total. The number of carbonyl (C=O) groups is 5. The van der Waals surface area contributed by atoms with E-state index in [0.717, 1.165) is 6.54 Å². The quantitative estimate of drug-likeness (QED) is 0.0536. The molecule has 2 unspecified atom stereocenters. The van der Waals surface area contributed by atoms with Crippen molar-refractivity contribution < 1.29 is 38.3 Å². The highest BCUT2D eigenvalue weighted by Gasteiger charge is 2.44. The van der Waals surface area contributed by atoms with Gasteiger partial charge < -0.3 is 25.0 Å². The fourth-order valence-electron chi connectivity index (χ4n) is 5.38. The fraction of sp³-hybridized carbons (Fsp3) is 0.844. The topological polar surface area (TPSA) is 183 Å². The van der Waals surface area contributed by atoms with Crippen LogP contribution in [-0.4, -0.2) is 147 Å². The molecule has 2 amide bonds. The van der Waals surface area contributed by atoms with E-state index in [-0.39, 0.29) is 59.6 Å². The lowest BCUT2D eigenvalue weighted by Crippen LogP contribution is -2.53. The molecule has 0 aromatic carbocycles. The molecule has 0 spiro atoms. The van der Waals surface area contributed by atoms with Gasteiger partial charge in [0, 0.05) is 36.9 Å². The van der Waals surface area contributed by atoms with Crippen molar-refractivity contribution in [2.45, 2.75) is 79.3 Å². The number of hydrogen-bond donors (Lipinski definition) is 5. The molecule has 0 aromatic heterocycles. The van der Waals surface area contributed by atoms with E-state index in [1.54, 1.807) is 0 Å². The van der Waals surface area contributed by atoms with Crippen molar-refractivity contribution in [2.75, 3.05) is 86.2 Å². The van der Waals surface area contributed by atoms with Gasteiger partial charge in [-0.3, -0.25) is 39.6 Å². The molecule has 3 atom stereocenters. The molecule has 0 radical (unpaired) electrons. The normalized spacial score (nSPS) is 19.5. The summed E-state index contributed by atoms with van der Waals surface area (Å²) in [5.41, 5.74) is 1.50. The third-order valence-corrected chi connectivity index (χ3v) is 8.75. The zero-order valence-electron chi connectivity index (χ0n) is 29.6. The Kier molecular flexibility index (Phi) is 17.5. The van der Waals surface area contributed by atoms with Gasteiger partial charge in [-0.05, 0) is 26.6 Å². The molecule has 6 N–H and O–H groups in total. The maximum Gasteiger partial charge on any atom is 0.322 e. The molecule has 0 bridgehead atoms. The minimum atomic E-state index is -1.10. The Labute approximate surface area is 275 Å². The summed E-state index contributed by atoms with van der Waals surface area (Å²) in [5.74, 6) is 4.11. The molecule has 0 aromatic rings. The Balaban J connectivity index is 2.47. The lowest BCUT2D eigenvalue weighted by atomic mass is 9.93. The summed E-state index contributed by atoms with van der Waals surface area (Å²) in [6.07, 6.45) is 0.946. The van der Waals surface area contributed by atoms with Crippen LogP contribution in [-0.2, 0) is 28.7 Å². The lowest BCUT2D eigenvalue weighted by Gasteiger charge is -2.37. The first kappa shape index (κ1) is 41.5. The van der Waals surface area contributed by atoms with Crippen molar-refractivity contribution in [1.29, 1.82) is 0 Å². The number of likely N-dealkylation sites (N-methyl/N-ethyl adjacent to an activating group) is 3. The van der Waals surface area contributed by atoms with Gasteiger partial charge in [0.1, 0.15) is 18.6 Å². The average Bonchev–Trinajstić information content (AvgIpc) is 3.24. The molecule has 1 heterocycles. The molecule has 46 heavy (non-hydrogen) atoms. The molecule has 1 aliphatic rings. The van der Waals surface area contributed by atoms with Gasteiger partial charge in [-0.2, -0.15) is 0 Å². The van der Waals surface area contributed by atoms with Crippen LogP contribution in [0.3, 0.4) is 0 Å². The van der Waals surface area contributed by atoms with Crippen molar-refractivity contribution in [2.24, 2.45) is 16.7 Å². The van der Waals surface area contributed by atoms with Crippen LogP contribution in [0.25, 0.3) is 0 Å². The molecular weight excluding hydrogens is 594 g/mol. The summed E-state index contributed by atoms with van der Waals surface area (Å²) in [7, 11) is 3.97. The molecule has 14 heteroatoms. The molecule has 0 aliphatic carbocycles. The maximum absolute atomic E-state index is 12.9. The van der Waals surface area contributed by atoms with Gasteiger partial charge in [0.2, 0.25) is 11.8 Å². The number of hydrogen-bond acceptors (Lipinski definition) is 10. The largest absolute Gasteiger partial charge is 0.480 e. The highest BCUT2D eigenvalue weighted by Crippen LogP contribution is 2.25. The molecule has 1 aliphatic heterocycles. The average molecular weight is 657 g/mol. The Morgan fingerprint density at radius 3 is 2.13 bits per heavy atom. The Morgan fingerprint density at radius 1 is 1.02 bits per heavy atom. The number of carbonyl (C=O) groups excluding carboxylic acids is 4. The Hall–Kier alpha value is -2.49. The summed E-state index contributed by atoms with van der Waals surface area (Å²) in [6.45, 7) is 17.5. The van der Waals surface area contributed by atoms with E-state index in [1.807, 2.05) is 53.5 Å². The second-order valence-corrected chi connectivity index (χ2v) is 14.7. The van der Waals surface area contributed by atoms with Crippen LogP contribution < -0.4 is 21.9 Å². The minimum Gasteiger partial charge on any atom is -0.480 e. The van der Waals surface area contributed by atoms with Gasteiger partial charge >= 0.3 is 5.97 Å². The lowest BCUT2D eigenvalue weighted by molar-refractivity contribution is -0.916. The van der Waals surface area contributed by atoms with Crippen LogP contribution in [0.1, 0.15) is 67.2 Å². The number of nitrogens with one attached hydrogen (secondary N) is 3. The number of ketones is 2. The second-order valence-electron chi connectivity index (χ2n) is 14.7. The number of likely N-dealkylation sites (tertiary alicyclic amines) is 1. The fourth-order valence-corrected chi connectivity index (χ4v) is 5.38. The highest BCUT2D eigenvalue weighted by molar-refractivity contribution is 5.85. The van der Waals surface area contributed by atoms with Gasteiger partial charge in [0.05, 0.1) is 52.7 Å². The molecule has 1 rings (SSSR count).